The minimum atomic E-state index is 0.641. The molecule has 6 heteroatoms. The Bertz CT molecular complexity index is 932. The predicted molar refractivity (Wildman–Crippen MR) is 86.1 cm³/mol. The molecule has 0 radical (unpaired) electrons. The number of H-pyrrole nitrogens is 2. The van der Waals surface area contributed by atoms with Crippen molar-refractivity contribution in [3.05, 3.63) is 64.7 Å². The number of aromatic nitrogens is 4. The van der Waals surface area contributed by atoms with Gasteiger partial charge >= 0.3 is 0 Å². The summed E-state index contributed by atoms with van der Waals surface area (Å²) in [7, 11) is 0. The Morgan fingerprint density at radius 1 is 0.905 bits per heavy atom. The number of hydrogen-bond donors (Lipinski definition) is 2. The van der Waals surface area contributed by atoms with Gasteiger partial charge in [0, 0.05) is 15.2 Å². The molecule has 0 amide bonds. The van der Waals surface area contributed by atoms with Gasteiger partial charge in [0.05, 0.1) is 30.0 Å². The van der Waals surface area contributed by atoms with Gasteiger partial charge in [0.15, 0.2) is 5.69 Å². The summed E-state index contributed by atoms with van der Waals surface area (Å²) in [6.45, 7) is 6.76. The molecular formula is C15H10BrN5. The summed E-state index contributed by atoms with van der Waals surface area (Å²) in [6, 6.07) is 11.5. The fraction of sp³-hybridized carbons (Fsp3) is 0. The van der Waals surface area contributed by atoms with E-state index in [1.165, 1.54) is 0 Å². The van der Waals surface area contributed by atoms with Gasteiger partial charge < -0.3 is 0 Å². The van der Waals surface area contributed by atoms with Gasteiger partial charge in [0.25, 0.3) is 0 Å². The molecule has 0 bridgehead atoms. The van der Waals surface area contributed by atoms with Crippen LogP contribution in [0, 0.1) is 6.57 Å². The van der Waals surface area contributed by atoms with E-state index < -0.39 is 0 Å². The molecule has 0 fully saturated rings. The van der Waals surface area contributed by atoms with Gasteiger partial charge in [-0.2, -0.15) is 10.2 Å². The lowest BCUT2D eigenvalue weighted by Gasteiger charge is -1.87. The quantitative estimate of drug-likeness (QED) is 0.465. The lowest BCUT2D eigenvalue weighted by Crippen LogP contribution is -1.67. The van der Waals surface area contributed by atoms with Crippen LogP contribution in [-0.4, -0.2) is 20.4 Å². The van der Waals surface area contributed by atoms with Crippen LogP contribution >= 0.6 is 15.9 Å². The van der Waals surface area contributed by atoms with Gasteiger partial charge in [-0.25, -0.2) is 4.85 Å². The van der Waals surface area contributed by atoms with Crippen molar-refractivity contribution in [2.75, 3.05) is 0 Å². The average molecular weight is 340 g/mol. The van der Waals surface area contributed by atoms with Gasteiger partial charge in [-0.15, -0.1) is 0 Å². The van der Waals surface area contributed by atoms with E-state index in [1.807, 2.05) is 30.5 Å². The second kappa shape index (κ2) is 5.77. The third-order valence-electron chi connectivity index (χ3n) is 2.96. The van der Waals surface area contributed by atoms with Gasteiger partial charge in [0.2, 0.25) is 0 Å². The summed E-state index contributed by atoms with van der Waals surface area (Å²) < 4.78 is 1.07. The fourth-order valence-electron chi connectivity index (χ4n) is 1.90. The molecule has 2 aromatic carbocycles. The molecule has 0 aliphatic rings. The number of benzene rings is 2. The Labute approximate surface area is 128 Å². The van der Waals surface area contributed by atoms with Crippen molar-refractivity contribution >= 4 is 43.4 Å². The highest BCUT2D eigenvalue weighted by Gasteiger charge is 1.95. The summed E-state index contributed by atoms with van der Waals surface area (Å²) in [5.74, 6) is 0. The van der Waals surface area contributed by atoms with E-state index in [0.29, 0.717) is 5.69 Å². The number of nitrogens with zero attached hydrogens (tertiary/aromatic N) is 3. The second-order valence-electron chi connectivity index (χ2n) is 4.35. The van der Waals surface area contributed by atoms with Crippen LogP contribution in [0.3, 0.4) is 0 Å². The summed E-state index contributed by atoms with van der Waals surface area (Å²) in [4.78, 5) is 3.30. The molecule has 0 aliphatic heterocycles. The fourth-order valence-corrected chi connectivity index (χ4v) is 2.26. The zero-order valence-electron chi connectivity index (χ0n) is 10.8. The third kappa shape index (κ3) is 2.93. The Morgan fingerprint density at radius 2 is 1.52 bits per heavy atom. The summed E-state index contributed by atoms with van der Waals surface area (Å²) >= 11 is 3.37. The first kappa shape index (κ1) is 13.3. The van der Waals surface area contributed by atoms with Crippen molar-refractivity contribution in [1.29, 1.82) is 0 Å². The topological polar surface area (TPSA) is 61.7 Å². The number of rotatable bonds is 0. The summed E-state index contributed by atoms with van der Waals surface area (Å²) in [5.41, 5.74) is 2.62. The van der Waals surface area contributed by atoms with Gasteiger partial charge in [-0.3, -0.25) is 10.2 Å². The molecule has 0 atom stereocenters. The van der Waals surface area contributed by atoms with Crippen LogP contribution in [0.2, 0.25) is 0 Å². The first-order chi connectivity index (χ1) is 10.3. The van der Waals surface area contributed by atoms with Crippen molar-refractivity contribution in [1.82, 2.24) is 20.4 Å². The second-order valence-corrected chi connectivity index (χ2v) is 5.27. The lowest BCUT2D eigenvalue weighted by molar-refractivity contribution is 1.12. The zero-order valence-corrected chi connectivity index (χ0v) is 12.4. The molecule has 5 nitrogen and oxygen atoms in total. The first-order valence-electron chi connectivity index (χ1n) is 6.15. The molecule has 0 unspecified atom stereocenters. The van der Waals surface area contributed by atoms with Gasteiger partial charge in [-0.05, 0) is 18.2 Å². The van der Waals surface area contributed by atoms with Crippen molar-refractivity contribution in [2.24, 2.45) is 0 Å². The van der Waals surface area contributed by atoms with Gasteiger partial charge in [-0.1, -0.05) is 34.1 Å². The molecule has 2 aromatic heterocycles. The highest BCUT2D eigenvalue weighted by Crippen LogP contribution is 2.18. The average Bonchev–Trinajstić information content (AvgIpc) is 3.15. The molecule has 0 aliphatic carbocycles. The Kier molecular flexibility index (Phi) is 3.67. The number of fused-ring (bicyclic) bond motifs is 2. The van der Waals surface area contributed by atoms with E-state index in [2.05, 4.69) is 41.2 Å². The van der Waals surface area contributed by atoms with Crippen molar-refractivity contribution in [2.45, 2.75) is 0 Å². The van der Waals surface area contributed by atoms with Crippen LogP contribution in [0.4, 0.5) is 5.69 Å². The van der Waals surface area contributed by atoms with E-state index in [0.717, 1.165) is 26.3 Å². The zero-order chi connectivity index (χ0) is 14.7. The predicted octanol–water partition coefficient (Wildman–Crippen LogP) is 4.44. The van der Waals surface area contributed by atoms with E-state index in [4.69, 9.17) is 6.57 Å². The molecule has 2 N–H and O–H groups in total. The molecule has 0 spiro atoms. The van der Waals surface area contributed by atoms with Crippen molar-refractivity contribution < 1.29 is 0 Å². The normalized spacial score (nSPS) is 10.1. The Morgan fingerprint density at radius 3 is 2.19 bits per heavy atom. The number of hydrogen-bond acceptors (Lipinski definition) is 2. The van der Waals surface area contributed by atoms with Crippen molar-refractivity contribution in [3.63, 3.8) is 0 Å². The maximum absolute atomic E-state index is 6.76. The van der Waals surface area contributed by atoms with E-state index in [9.17, 15) is 0 Å². The molecular weight excluding hydrogens is 330 g/mol. The third-order valence-corrected chi connectivity index (χ3v) is 3.45. The molecule has 2 heterocycles. The molecule has 21 heavy (non-hydrogen) atoms. The molecule has 4 rings (SSSR count). The lowest BCUT2D eigenvalue weighted by atomic mass is 10.2. The maximum Gasteiger partial charge on any atom is 0.189 e. The SMILES string of the molecule is Brc1ccc2cn[nH]c2c1.[C-]#[N+]c1ccc2cn[nH]c2c1. The molecule has 0 saturated heterocycles. The van der Waals surface area contributed by atoms with Crippen LogP contribution in [0.1, 0.15) is 0 Å². The van der Waals surface area contributed by atoms with Crippen LogP contribution in [0.25, 0.3) is 26.7 Å². The standard InChI is InChI=1S/C8H5N3.C7H5BrN2/c1-9-7-3-2-6-5-10-11-8(6)4-7;8-6-2-1-5-4-9-10-7(5)3-6/h2-5H,(H,10,11);1-4H,(H,9,10). The number of nitrogens with one attached hydrogen (secondary N) is 2. The number of aromatic amines is 2. The minimum Gasteiger partial charge on any atom is -0.279 e. The maximum atomic E-state index is 6.76. The van der Waals surface area contributed by atoms with Crippen LogP contribution in [0.5, 0.6) is 0 Å². The highest BCUT2D eigenvalue weighted by molar-refractivity contribution is 9.10. The van der Waals surface area contributed by atoms with Gasteiger partial charge in [0.1, 0.15) is 0 Å². The molecule has 4 aromatic rings. The van der Waals surface area contributed by atoms with E-state index >= 15 is 0 Å². The first-order valence-corrected chi connectivity index (χ1v) is 6.95. The number of halogens is 1. The molecule has 0 saturated carbocycles. The smallest absolute Gasteiger partial charge is 0.189 e. The minimum absolute atomic E-state index is 0.641. The van der Waals surface area contributed by atoms with Crippen LogP contribution < -0.4 is 0 Å². The Balaban J connectivity index is 0.000000126. The summed E-state index contributed by atoms with van der Waals surface area (Å²) in [5, 5.41) is 15.6. The Hall–Kier alpha value is -2.65. The van der Waals surface area contributed by atoms with Crippen molar-refractivity contribution in [3.8, 4) is 0 Å². The van der Waals surface area contributed by atoms with Crippen LogP contribution in [-0.2, 0) is 0 Å². The highest BCUT2D eigenvalue weighted by atomic mass is 79.9. The largest absolute Gasteiger partial charge is 0.279 e. The van der Waals surface area contributed by atoms with Crippen LogP contribution in [0.15, 0.2) is 53.3 Å². The monoisotopic (exact) mass is 339 g/mol. The van der Waals surface area contributed by atoms with E-state index in [-0.39, 0.29) is 0 Å². The molecule has 102 valence electrons. The van der Waals surface area contributed by atoms with E-state index in [1.54, 1.807) is 18.3 Å². The summed E-state index contributed by atoms with van der Waals surface area (Å²) in [6.07, 6.45) is 3.55.